The highest BCUT2D eigenvalue weighted by atomic mass is 16.5. The number of amides is 1. The van der Waals surface area contributed by atoms with E-state index in [-0.39, 0.29) is 11.8 Å². The summed E-state index contributed by atoms with van der Waals surface area (Å²) in [5.74, 6) is 1.01. The second kappa shape index (κ2) is 7.31. The highest BCUT2D eigenvalue weighted by molar-refractivity contribution is 5.79. The largest absolute Gasteiger partial charge is 0.493 e. The van der Waals surface area contributed by atoms with Crippen molar-refractivity contribution in [2.75, 3.05) is 19.7 Å². The molecule has 2 aliphatic heterocycles. The SMILES string of the molecule is Cc1ccc(C2(O)CCN(C(=O)[C@H]3CCOc4ccccc4C3)CC2)nc1. The first kappa shape index (κ1) is 18.0. The maximum Gasteiger partial charge on any atom is 0.226 e. The number of carbonyl (C=O) groups excluding carboxylic acids is 1. The van der Waals surface area contributed by atoms with Crippen molar-refractivity contribution in [3.8, 4) is 5.75 Å². The van der Waals surface area contributed by atoms with Crippen LogP contribution in [0.1, 0.15) is 36.1 Å². The Kier molecular flexibility index (Phi) is 4.87. The van der Waals surface area contributed by atoms with Crippen LogP contribution in [-0.2, 0) is 16.8 Å². The highest BCUT2D eigenvalue weighted by Gasteiger charge is 2.38. The lowest BCUT2D eigenvalue weighted by molar-refractivity contribution is -0.140. The first-order chi connectivity index (χ1) is 13.0. The van der Waals surface area contributed by atoms with Crippen molar-refractivity contribution in [2.45, 2.75) is 38.2 Å². The summed E-state index contributed by atoms with van der Waals surface area (Å²) in [5.41, 5.74) is 1.94. The van der Waals surface area contributed by atoms with Crippen LogP contribution in [0.2, 0.25) is 0 Å². The van der Waals surface area contributed by atoms with Crippen LogP contribution in [0.3, 0.4) is 0 Å². The molecule has 1 saturated heterocycles. The Bertz CT molecular complexity index is 811. The molecule has 0 unspecified atom stereocenters. The number of pyridine rings is 1. The number of nitrogens with zero attached hydrogens (tertiary/aromatic N) is 2. The van der Waals surface area contributed by atoms with E-state index in [2.05, 4.69) is 4.98 Å². The summed E-state index contributed by atoms with van der Waals surface area (Å²) in [7, 11) is 0. The van der Waals surface area contributed by atoms with E-state index in [9.17, 15) is 9.90 Å². The van der Waals surface area contributed by atoms with E-state index in [1.54, 1.807) is 6.20 Å². The molecule has 4 rings (SSSR count). The van der Waals surface area contributed by atoms with Crippen molar-refractivity contribution < 1.29 is 14.6 Å². The third-order valence-corrected chi connectivity index (χ3v) is 5.80. The molecule has 0 aliphatic carbocycles. The van der Waals surface area contributed by atoms with Crippen molar-refractivity contribution in [3.63, 3.8) is 0 Å². The lowest BCUT2D eigenvalue weighted by atomic mass is 9.86. The molecule has 27 heavy (non-hydrogen) atoms. The summed E-state index contributed by atoms with van der Waals surface area (Å²) >= 11 is 0. The number of piperidine rings is 1. The fourth-order valence-electron chi connectivity index (χ4n) is 4.06. The Morgan fingerprint density at radius 2 is 2.00 bits per heavy atom. The number of aliphatic hydroxyl groups is 1. The summed E-state index contributed by atoms with van der Waals surface area (Å²) in [6.45, 7) is 3.67. The smallest absolute Gasteiger partial charge is 0.226 e. The van der Waals surface area contributed by atoms with E-state index in [4.69, 9.17) is 4.74 Å². The van der Waals surface area contributed by atoms with Gasteiger partial charge in [-0.2, -0.15) is 0 Å². The number of carbonyl (C=O) groups is 1. The second-order valence-corrected chi connectivity index (χ2v) is 7.72. The maximum absolute atomic E-state index is 13.1. The number of benzene rings is 1. The van der Waals surface area contributed by atoms with Gasteiger partial charge in [-0.25, -0.2) is 0 Å². The van der Waals surface area contributed by atoms with Gasteiger partial charge < -0.3 is 14.7 Å². The van der Waals surface area contributed by atoms with Crippen LogP contribution in [0.25, 0.3) is 0 Å². The standard InChI is InChI=1S/C22H26N2O3/c1-16-6-7-20(23-15-16)22(26)9-11-24(12-10-22)21(25)18-8-13-27-19-5-3-2-4-17(19)14-18/h2-7,15,18,26H,8-14H2,1H3/t18-/m0/s1. The molecule has 3 heterocycles. The lowest BCUT2D eigenvalue weighted by Crippen LogP contribution is -2.47. The second-order valence-electron chi connectivity index (χ2n) is 7.72. The van der Waals surface area contributed by atoms with Gasteiger partial charge >= 0.3 is 0 Å². The molecule has 1 fully saturated rings. The van der Waals surface area contributed by atoms with Crippen LogP contribution in [-0.4, -0.2) is 40.6 Å². The van der Waals surface area contributed by atoms with Crippen molar-refractivity contribution >= 4 is 5.91 Å². The molecule has 5 nitrogen and oxygen atoms in total. The molecule has 1 aromatic heterocycles. The molecule has 1 N–H and O–H groups in total. The number of aryl methyl sites for hydroxylation is 1. The highest BCUT2D eigenvalue weighted by Crippen LogP contribution is 2.33. The van der Waals surface area contributed by atoms with E-state index >= 15 is 0 Å². The van der Waals surface area contributed by atoms with Gasteiger partial charge in [-0.05, 0) is 55.9 Å². The summed E-state index contributed by atoms with van der Waals surface area (Å²) in [5, 5.41) is 11.0. The molecular weight excluding hydrogens is 340 g/mol. The van der Waals surface area contributed by atoms with Crippen molar-refractivity contribution in [3.05, 3.63) is 59.4 Å². The minimum absolute atomic E-state index is 0.0580. The molecule has 0 bridgehead atoms. The Hall–Kier alpha value is -2.40. The van der Waals surface area contributed by atoms with Gasteiger partial charge in [0.15, 0.2) is 0 Å². The summed E-state index contributed by atoms with van der Waals surface area (Å²) < 4.78 is 5.80. The Morgan fingerprint density at radius 3 is 2.74 bits per heavy atom. The monoisotopic (exact) mass is 366 g/mol. The number of ether oxygens (including phenoxy) is 1. The molecule has 1 amide bonds. The Morgan fingerprint density at radius 1 is 1.22 bits per heavy atom. The first-order valence-electron chi connectivity index (χ1n) is 9.70. The minimum atomic E-state index is -0.941. The van der Waals surface area contributed by atoms with Crippen LogP contribution < -0.4 is 4.74 Å². The molecular formula is C22H26N2O3. The molecule has 2 aliphatic rings. The van der Waals surface area contributed by atoms with Gasteiger partial charge in [0.25, 0.3) is 0 Å². The predicted molar refractivity (Wildman–Crippen MR) is 102 cm³/mol. The Labute approximate surface area is 160 Å². The molecule has 2 aromatic rings. The van der Waals surface area contributed by atoms with Crippen LogP contribution in [0, 0.1) is 12.8 Å². The number of rotatable bonds is 2. The molecule has 1 aromatic carbocycles. The number of para-hydroxylation sites is 1. The maximum atomic E-state index is 13.1. The summed E-state index contributed by atoms with van der Waals surface area (Å²) in [4.78, 5) is 19.4. The summed E-state index contributed by atoms with van der Waals surface area (Å²) in [6.07, 6.45) is 4.28. The quantitative estimate of drug-likeness (QED) is 0.888. The normalized spacial score (nSPS) is 21.7. The number of hydrogen-bond acceptors (Lipinski definition) is 4. The third kappa shape index (κ3) is 3.69. The average Bonchev–Trinajstić information content (AvgIpc) is 2.91. The van der Waals surface area contributed by atoms with Gasteiger partial charge in [0.1, 0.15) is 11.4 Å². The van der Waals surface area contributed by atoms with Crippen LogP contribution >= 0.6 is 0 Å². The fraction of sp³-hybridized carbons (Fsp3) is 0.455. The van der Waals surface area contributed by atoms with Gasteiger partial charge in [0.05, 0.1) is 12.3 Å². The van der Waals surface area contributed by atoms with Crippen molar-refractivity contribution in [1.29, 1.82) is 0 Å². The van der Waals surface area contributed by atoms with Gasteiger partial charge in [0, 0.05) is 25.2 Å². The predicted octanol–water partition coefficient (Wildman–Crippen LogP) is 2.84. The van der Waals surface area contributed by atoms with E-state index in [1.807, 2.05) is 48.2 Å². The average molecular weight is 366 g/mol. The van der Waals surface area contributed by atoms with Gasteiger partial charge in [-0.15, -0.1) is 0 Å². The van der Waals surface area contributed by atoms with Crippen LogP contribution in [0.5, 0.6) is 5.75 Å². The van der Waals surface area contributed by atoms with E-state index < -0.39 is 5.60 Å². The molecule has 0 radical (unpaired) electrons. The van der Waals surface area contributed by atoms with Crippen molar-refractivity contribution in [1.82, 2.24) is 9.88 Å². The number of hydrogen-bond donors (Lipinski definition) is 1. The molecule has 1 atom stereocenters. The van der Waals surface area contributed by atoms with Crippen molar-refractivity contribution in [2.24, 2.45) is 5.92 Å². The zero-order valence-electron chi connectivity index (χ0n) is 15.7. The van der Waals surface area contributed by atoms with E-state index in [0.717, 1.165) is 29.7 Å². The zero-order valence-corrected chi connectivity index (χ0v) is 15.7. The number of fused-ring (bicyclic) bond motifs is 1. The van der Waals surface area contributed by atoms with Gasteiger partial charge in [0.2, 0.25) is 5.91 Å². The topological polar surface area (TPSA) is 62.7 Å². The third-order valence-electron chi connectivity index (χ3n) is 5.80. The first-order valence-corrected chi connectivity index (χ1v) is 9.70. The number of likely N-dealkylation sites (tertiary alicyclic amines) is 1. The zero-order chi connectivity index (χ0) is 18.9. The van der Waals surface area contributed by atoms with Crippen LogP contribution in [0.4, 0.5) is 0 Å². The lowest BCUT2D eigenvalue weighted by Gasteiger charge is -2.39. The van der Waals surface area contributed by atoms with Gasteiger partial charge in [-0.3, -0.25) is 9.78 Å². The molecule has 142 valence electrons. The van der Waals surface area contributed by atoms with E-state index in [0.29, 0.717) is 38.2 Å². The molecule has 0 spiro atoms. The Balaban J connectivity index is 1.42. The molecule has 5 heteroatoms. The molecule has 0 saturated carbocycles. The fourth-order valence-corrected chi connectivity index (χ4v) is 4.06. The number of aromatic nitrogens is 1. The summed E-state index contributed by atoms with van der Waals surface area (Å²) in [6, 6.07) is 11.8. The van der Waals surface area contributed by atoms with Gasteiger partial charge in [-0.1, -0.05) is 24.3 Å². The van der Waals surface area contributed by atoms with E-state index in [1.165, 1.54) is 0 Å². The minimum Gasteiger partial charge on any atom is -0.493 e. The van der Waals surface area contributed by atoms with Crippen LogP contribution in [0.15, 0.2) is 42.6 Å².